The van der Waals surface area contributed by atoms with Crippen LogP contribution in [0.1, 0.15) is 21.5 Å². The van der Waals surface area contributed by atoms with Gasteiger partial charge in [0.25, 0.3) is 5.91 Å². The predicted octanol–water partition coefficient (Wildman–Crippen LogP) is 3.50. The molecule has 0 bridgehead atoms. The molecule has 2 aromatic carbocycles. The molecule has 5 nitrogen and oxygen atoms in total. The van der Waals surface area contributed by atoms with Crippen LogP contribution < -0.4 is 5.32 Å². The monoisotopic (exact) mass is 335 g/mol. The van der Waals surface area contributed by atoms with Crippen LogP contribution in [0, 0.1) is 13.8 Å². The van der Waals surface area contributed by atoms with Crippen molar-refractivity contribution in [3.8, 4) is 0 Å². The fourth-order valence-corrected chi connectivity index (χ4v) is 2.93. The first-order valence-electron chi connectivity index (χ1n) is 8.15. The highest BCUT2D eigenvalue weighted by atomic mass is 16.2. The summed E-state index contributed by atoms with van der Waals surface area (Å²) in [6.07, 6.45) is 1.69. The molecule has 2 N–H and O–H groups in total. The number of H-pyrrole nitrogens is 1. The lowest BCUT2D eigenvalue weighted by molar-refractivity contribution is -0.116. The van der Waals surface area contributed by atoms with E-state index in [0.717, 1.165) is 27.7 Å². The van der Waals surface area contributed by atoms with Crippen LogP contribution in [-0.2, 0) is 4.79 Å². The number of fused-ring (bicyclic) bond motifs is 1. The Hall–Kier alpha value is -3.08. The summed E-state index contributed by atoms with van der Waals surface area (Å²) in [5.41, 5.74) is 4.27. The van der Waals surface area contributed by atoms with Gasteiger partial charge in [0.15, 0.2) is 0 Å². The quantitative estimate of drug-likeness (QED) is 0.766. The summed E-state index contributed by atoms with van der Waals surface area (Å²) in [5, 5.41) is 3.76. The van der Waals surface area contributed by atoms with Gasteiger partial charge in [-0.3, -0.25) is 9.59 Å². The minimum Gasteiger partial charge on any atom is -0.360 e. The number of hydrogen-bond donors (Lipinski definition) is 2. The Morgan fingerprint density at radius 3 is 2.44 bits per heavy atom. The first-order valence-corrected chi connectivity index (χ1v) is 8.15. The SMILES string of the molecule is Cc1cccc(C)c1NC(=O)CN(C)C(=O)c1c[nH]c2ccccc12. The van der Waals surface area contributed by atoms with E-state index < -0.39 is 0 Å². The Balaban J connectivity index is 1.72. The lowest BCUT2D eigenvalue weighted by Crippen LogP contribution is -2.35. The molecule has 0 saturated carbocycles. The van der Waals surface area contributed by atoms with E-state index in [4.69, 9.17) is 0 Å². The lowest BCUT2D eigenvalue weighted by Gasteiger charge is -2.18. The van der Waals surface area contributed by atoms with Crippen LogP contribution in [0.25, 0.3) is 10.9 Å². The fourth-order valence-electron chi connectivity index (χ4n) is 2.93. The molecule has 0 aliphatic rings. The van der Waals surface area contributed by atoms with Crippen molar-refractivity contribution < 1.29 is 9.59 Å². The van der Waals surface area contributed by atoms with Gasteiger partial charge in [-0.25, -0.2) is 0 Å². The van der Waals surface area contributed by atoms with Crippen LogP contribution in [-0.4, -0.2) is 35.3 Å². The van der Waals surface area contributed by atoms with Gasteiger partial charge in [0.2, 0.25) is 5.91 Å². The third kappa shape index (κ3) is 3.40. The summed E-state index contributed by atoms with van der Waals surface area (Å²) >= 11 is 0. The maximum Gasteiger partial charge on any atom is 0.256 e. The van der Waals surface area contributed by atoms with E-state index >= 15 is 0 Å². The number of aryl methyl sites for hydroxylation is 2. The number of carbonyl (C=O) groups excluding carboxylic acids is 2. The van der Waals surface area contributed by atoms with Crippen molar-refractivity contribution in [2.45, 2.75) is 13.8 Å². The zero-order valence-corrected chi connectivity index (χ0v) is 14.6. The van der Waals surface area contributed by atoms with Gasteiger partial charge in [-0.1, -0.05) is 36.4 Å². The molecule has 0 saturated heterocycles. The summed E-state index contributed by atoms with van der Waals surface area (Å²) in [6, 6.07) is 13.5. The third-order valence-corrected chi connectivity index (χ3v) is 4.29. The number of benzene rings is 2. The zero-order valence-electron chi connectivity index (χ0n) is 14.6. The van der Waals surface area contributed by atoms with Crippen LogP contribution in [0.5, 0.6) is 0 Å². The van der Waals surface area contributed by atoms with E-state index in [2.05, 4.69) is 10.3 Å². The minimum atomic E-state index is -0.215. The molecule has 1 aromatic heterocycles. The summed E-state index contributed by atoms with van der Waals surface area (Å²) in [5.74, 6) is -0.401. The summed E-state index contributed by atoms with van der Waals surface area (Å²) in [7, 11) is 1.63. The Labute approximate surface area is 146 Å². The largest absolute Gasteiger partial charge is 0.360 e. The van der Waals surface area contributed by atoms with Gasteiger partial charge >= 0.3 is 0 Å². The number of aromatic amines is 1. The van der Waals surface area contributed by atoms with Crippen molar-refractivity contribution in [1.82, 2.24) is 9.88 Å². The molecule has 128 valence electrons. The van der Waals surface area contributed by atoms with Gasteiger partial charge in [0.05, 0.1) is 12.1 Å². The first-order chi connectivity index (χ1) is 12.0. The molecular weight excluding hydrogens is 314 g/mol. The predicted molar refractivity (Wildman–Crippen MR) is 99.8 cm³/mol. The molecule has 0 aliphatic heterocycles. The van der Waals surface area contributed by atoms with Crippen LogP contribution in [0.2, 0.25) is 0 Å². The molecule has 0 fully saturated rings. The molecule has 3 aromatic rings. The van der Waals surface area contributed by atoms with E-state index in [9.17, 15) is 9.59 Å². The fraction of sp³-hybridized carbons (Fsp3) is 0.200. The van der Waals surface area contributed by atoms with Crippen molar-refractivity contribution in [3.05, 3.63) is 65.4 Å². The van der Waals surface area contributed by atoms with Gasteiger partial charge in [-0.2, -0.15) is 0 Å². The van der Waals surface area contributed by atoms with E-state index in [1.54, 1.807) is 13.2 Å². The minimum absolute atomic E-state index is 0.00782. The van der Waals surface area contributed by atoms with E-state index in [0.29, 0.717) is 5.56 Å². The van der Waals surface area contributed by atoms with Crippen LogP contribution >= 0.6 is 0 Å². The number of carbonyl (C=O) groups is 2. The maximum atomic E-state index is 12.7. The average molecular weight is 335 g/mol. The third-order valence-electron chi connectivity index (χ3n) is 4.29. The Kier molecular flexibility index (Phi) is 4.57. The van der Waals surface area contributed by atoms with Gasteiger partial charge in [-0.05, 0) is 31.0 Å². The first kappa shape index (κ1) is 16.8. The van der Waals surface area contributed by atoms with Crippen molar-refractivity contribution in [2.24, 2.45) is 0 Å². The van der Waals surface area contributed by atoms with Gasteiger partial charge in [-0.15, -0.1) is 0 Å². The van der Waals surface area contributed by atoms with Crippen molar-refractivity contribution >= 4 is 28.4 Å². The smallest absolute Gasteiger partial charge is 0.256 e. The molecule has 25 heavy (non-hydrogen) atoms. The van der Waals surface area contributed by atoms with Gasteiger partial charge in [0.1, 0.15) is 0 Å². The average Bonchev–Trinajstić information content (AvgIpc) is 3.01. The van der Waals surface area contributed by atoms with Crippen LogP contribution in [0.15, 0.2) is 48.7 Å². The number of hydrogen-bond acceptors (Lipinski definition) is 2. The lowest BCUT2D eigenvalue weighted by atomic mass is 10.1. The molecule has 0 spiro atoms. The second-order valence-corrected chi connectivity index (χ2v) is 6.22. The normalized spacial score (nSPS) is 10.7. The number of aromatic nitrogens is 1. The van der Waals surface area contributed by atoms with E-state index in [1.807, 2.05) is 56.3 Å². The Bertz CT molecular complexity index is 923. The highest BCUT2D eigenvalue weighted by molar-refractivity contribution is 6.08. The maximum absolute atomic E-state index is 12.7. The number of nitrogens with zero attached hydrogens (tertiary/aromatic N) is 1. The standard InChI is InChI=1S/C20H21N3O2/c1-13-7-6-8-14(2)19(13)22-18(24)12-23(3)20(25)16-11-21-17-10-5-4-9-15(16)17/h4-11,21H,12H2,1-3H3,(H,22,24). The van der Waals surface area contributed by atoms with Crippen molar-refractivity contribution in [1.29, 1.82) is 0 Å². The second kappa shape index (κ2) is 6.81. The number of nitrogens with one attached hydrogen (secondary N) is 2. The molecule has 0 unspecified atom stereocenters. The molecule has 0 aliphatic carbocycles. The highest BCUT2D eigenvalue weighted by Gasteiger charge is 2.18. The van der Waals surface area contributed by atoms with Crippen molar-refractivity contribution in [3.63, 3.8) is 0 Å². The van der Waals surface area contributed by atoms with Crippen LogP contribution in [0.4, 0.5) is 5.69 Å². The number of para-hydroxylation sites is 2. The Morgan fingerprint density at radius 1 is 1.04 bits per heavy atom. The number of rotatable bonds is 4. The molecule has 1 heterocycles. The summed E-state index contributed by atoms with van der Waals surface area (Å²) < 4.78 is 0. The van der Waals surface area contributed by atoms with Crippen LogP contribution in [0.3, 0.4) is 0 Å². The molecule has 0 atom stereocenters. The zero-order chi connectivity index (χ0) is 18.0. The Morgan fingerprint density at radius 2 is 1.72 bits per heavy atom. The molecular formula is C20H21N3O2. The van der Waals surface area contributed by atoms with Crippen molar-refractivity contribution in [2.75, 3.05) is 18.9 Å². The molecule has 3 rings (SSSR count). The summed E-state index contributed by atoms with van der Waals surface area (Å²) in [4.78, 5) is 29.5. The topological polar surface area (TPSA) is 65.2 Å². The summed E-state index contributed by atoms with van der Waals surface area (Å²) in [6.45, 7) is 3.89. The number of likely N-dealkylation sites (N-methyl/N-ethyl adjacent to an activating group) is 1. The second-order valence-electron chi connectivity index (χ2n) is 6.22. The van der Waals surface area contributed by atoms with E-state index in [-0.39, 0.29) is 18.4 Å². The molecule has 0 radical (unpaired) electrons. The molecule has 2 amide bonds. The molecule has 5 heteroatoms. The number of amides is 2. The van der Waals surface area contributed by atoms with Gasteiger partial charge < -0.3 is 15.2 Å². The van der Waals surface area contributed by atoms with Gasteiger partial charge in [0, 0.05) is 29.8 Å². The highest BCUT2D eigenvalue weighted by Crippen LogP contribution is 2.20. The van der Waals surface area contributed by atoms with E-state index in [1.165, 1.54) is 4.90 Å². The number of anilines is 1.